The first-order valence-electron chi connectivity index (χ1n) is 8.14. The smallest absolute Gasteiger partial charge is 0.254 e. The van der Waals surface area contributed by atoms with Gasteiger partial charge in [-0.2, -0.15) is 0 Å². The zero-order valence-corrected chi connectivity index (χ0v) is 14.4. The normalized spacial score (nSPS) is 17.2. The Labute approximate surface area is 151 Å². The average Bonchev–Trinajstić information content (AvgIpc) is 2.67. The second kappa shape index (κ2) is 8.14. The van der Waals surface area contributed by atoms with Crippen LogP contribution >= 0.6 is 11.6 Å². The van der Waals surface area contributed by atoms with Crippen molar-refractivity contribution >= 4 is 23.4 Å². The van der Waals surface area contributed by atoms with Crippen LogP contribution in [0.4, 0.5) is 0 Å². The number of halogens is 1. The number of morpholine rings is 1. The molecule has 0 aromatic heterocycles. The lowest BCUT2D eigenvalue weighted by Gasteiger charge is -2.33. The SMILES string of the molecule is O=C(NC[C@H]1CN(C(=O)c2ccccc2)CCO1)c1ccccc1Cl. The molecule has 1 heterocycles. The first kappa shape index (κ1) is 17.5. The van der Waals surface area contributed by atoms with Gasteiger partial charge in [0.05, 0.1) is 23.3 Å². The maximum atomic E-state index is 12.5. The first-order chi connectivity index (χ1) is 12.1. The monoisotopic (exact) mass is 358 g/mol. The molecule has 1 atom stereocenters. The molecular weight excluding hydrogens is 340 g/mol. The van der Waals surface area contributed by atoms with E-state index in [0.717, 1.165) is 0 Å². The van der Waals surface area contributed by atoms with Gasteiger partial charge in [0.15, 0.2) is 0 Å². The predicted octanol–water partition coefficient (Wildman–Crippen LogP) is 2.61. The van der Waals surface area contributed by atoms with Gasteiger partial charge in [-0.1, -0.05) is 41.9 Å². The molecule has 0 aliphatic carbocycles. The van der Waals surface area contributed by atoms with Crippen molar-refractivity contribution in [3.05, 3.63) is 70.7 Å². The Morgan fingerprint density at radius 1 is 1.12 bits per heavy atom. The van der Waals surface area contributed by atoms with Gasteiger partial charge in [-0.15, -0.1) is 0 Å². The molecule has 0 saturated carbocycles. The minimum absolute atomic E-state index is 0.0219. The number of amides is 2. The van der Waals surface area contributed by atoms with Gasteiger partial charge in [0.1, 0.15) is 0 Å². The molecule has 2 aromatic carbocycles. The molecule has 1 saturated heterocycles. The van der Waals surface area contributed by atoms with Gasteiger partial charge >= 0.3 is 0 Å². The number of carbonyl (C=O) groups is 2. The maximum absolute atomic E-state index is 12.5. The fourth-order valence-corrected chi connectivity index (χ4v) is 2.96. The number of nitrogens with one attached hydrogen (secondary N) is 1. The Kier molecular flexibility index (Phi) is 5.68. The van der Waals surface area contributed by atoms with Crippen molar-refractivity contribution < 1.29 is 14.3 Å². The molecule has 1 N–H and O–H groups in total. The number of nitrogens with zero attached hydrogens (tertiary/aromatic N) is 1. The number of ether oxygens (including phenoxy) is 1. The molecule has 2 amide bonds. The number of rotatable bonds is 4. The molecule has 6 heteroatoms. The van der Waals surface area contributed by atoms with Crippen LogP contribution in [0.2, 0.25) is 5.02 Å². The van der Waals surface area contributed by atoms with Gasteiger partial charge in [0, 0.05) is 25.2 Å². The topological polar surface area (TPSA) is 58.6 Å². The van der Waals surface area contributed by atoms with E-state index >= 15 is 0 Å². The summed E-state index contributed by atoms with van der Waals surface area (Å²) < 4.78 is 5.67. The van der Waals surface area contributed by atoms with Crippen LogP contribution < -0.4 is 5.32 Å². The van der Waals surface area contributed by atoms with Crippen LogP contribution in [0.3, 0.4) is 0 Å². The summed E-state index contributed by atoms with van der Waals surface area (Å²) in [7, 11) is 0. The highest BCUT2D eigenvalue weighted by atomic mass is 35.5. The molecule has 25 heavy (non-hydrogen) atoms. The van der Waals surface area contributed by atoms with E-state index in [1.54, 1.807) is 41.3 Å². The minimum Gasteiger partial charge on any atom is -0.373 e. The van der Waals surface area contributed by atoms with Crippen LogP contribution in [0.5, 0.6) is 0 Å². The third-order valence-electron chi connectivity index (χ3n) is 4.06. The van der Waals surface area contributed by atoms with E-state index in [0.29, 0.717) is 42.4 Å². The first-order valence-corrected chi connectivity index (χ1v) is 8.51. The zero-order valence-electron chi connectivity index (χ0n) is 13.7. The van der Waals surface area contributed by atoms with Crippen molar-refractivity contribution in [3.63, 3.8) is 0 Å². The lowest BCUT2D eigenvalue weighted by molar-refractivity contribution is -0.0197. The van der Waals surface area contributed by atoms with E-state index in [9.17, 15) is 9.59 Å². The number of carbonyl (C=O) groups excluding carboxylic acids is 2. The van der Waals surface area contributed by atoms with Crippen LogP contribution in [0.15, 0.2) is 54.6 Å². The minimum atomic E-state index is -0.249. The van der Waals surface area contributed by atoms with Crippen molar-refractivity contribution in [2.45, 2.75) is 6.10 Å². The molecule has 1 aliphatic heterocycles. The predicted molar refractivity (Wildman–Crippen MR) is 95.9 cm³/mol. The molecular formula is C19H19ClN2O3. The Balaban J connectivity index is 1.56. The highest BCUT2D eigenvalue weighted by molar-refractivity contribution is 6.33. The average molecular weight is 359 g/mol. The summed E-state index contributed by atoms with van der Waals surface area (Å²) >= 11 is 6.03. The van der Waals surface area contributed by atoms with Crippen molar-refractivity contribution in [1.29, 1.82) is 0 Å². The van der Waals surface area contributed by atoms with E-state index in [4.69, 9.17) is 16.3 Å². The summed E-state index contributed by atoms with van der Waals surface area (Å²) in [5.41, 5.74) is 1.08. The molecule has 3 rings (SSSR count). The Hall–Kier alpha value is -2.37. The van der Waals surface area contributed by atoms with E-state index in [2.05, 4.69) is 5.32 Å². The summed E-state index contributed by atoms with van der Waals surface area (Å²) in [6.07, 6.45) is -0.243. The Morgan fingerprint density at radius 2 is 1.84 bits per heavy atom. The second-order valence-electron chi connectivity index (χ2n) is 5.80. The largest absolute Gasteiger partial charge is 0.373 e. The third kappa shape index (κ3) is 4.38. The summed E-state index contributed by atoms with van der Waals surface area (Å²) in [4.78, 5) is 26.5. The van der Waals surface area contributed by atoms with Crippen molar-refractivity contribution in [1.82, 2.24) is 10.2 Å². The van der Waals surface area contributed by atoms with Gasteiger partial charge in [0.2, 0.25) is 0 Å². The highest BCUT2D eigenvalue weighted by Crippen LogP contribution is 2.15. The molecule has 0 unspecified atom stereocenters. The van der Waals surface area contributed by atoms with Crippen LogP contribution in [0.25, 0.3) is 0 Å². The number of benzene rings is 2. The molecule has 2 aromatic rings. The molecule has 0 bridgehead atoms. The van der Waals surface area contributed by atoms with Gasteiger partial charge in [-0.25, -0.2) is 0 Å². The van der Waals surface area contributed by atoms with Crippen LogP contribution in [-0.4, -0.2) is 49.1 Å². The summed E-state index contributed by atoms with van der Waals surface area (Å²) in [6, 6.07) is 16.0. The van der Waals surface area contributed by atoms with E-state index in [-0.39, 0.29) is 17.9 Å². The standard InChI is InChI=1S/C19H19ClN2O3/c20-17-9-5-4-8-16(17)18(23)21-12-15-13-22(10-11-25-15)19(24)14-6-2-1-3-7-14/h1-9,15H,10-13H2,(H,21,23)/t15-/m0/s1. The fraction of sp³-hybridized carbons (Fsp3) is 0.263. The van der Waals surface area contributed by atoms with E-state index in [1.807, 2.05) is 18.2 Å². The third-order valence-corrected chi connectivity index (χ3v) is 4.39. The van der Waals surface area contributed by atoms with Gasteiger partial charge in [0.25, 0.3) is 11.8 Å². The molecule has 0 radical (unpaired) electrons. The summed E-state index contributed by atoms with van der Waals surface area (Å²) in [5, 5.41) is 3.23. The Bertz CT molecular complexity index is 751. The second-order valence-corrected chi connectivity index (χ2v) is 6.21. The van der Waals surface area contributed by atoms with Crippen molar-refractivity contribution in [2.75, 3.05) is 26.2 Å². The molecule has 1 fully saturated rings. The summed E-state index contributed by atoms with van der Waals surface area (Å²) in [6.45, 7) is 1.76. The zero-order chi connectivity index (χ0) is 17.6. The number of hydrogen-bond donors (Lipinski definition) is 1. The molecule has 1 aliphatic rings. The van der Waals surface area contributed by atoms with Gasteiger partial charge in [-0.05, 0) is 24.3 Å². The van der Waals surface area contributed by atoms with E-state index in [1.165, 1.54) is 0 Å². The molecule has 5 nitrogen and oxygen atoms in total. The lowest BCUT2D eigenvalue weighted by atomic mass is 10.1. The summed E-state index contributed by atoms with van der Waals surface area (Å²) in [5.74, 6) is -0.271. The van der Waals surface area contributed by atoms with Crippen molar-refractivity contribution in [2.24, 2.45) is 0 Å². The van der Waals surface area contributed by atoms with E-state index < -0.39 is 0 Å². The highest BCUT2D eigenvalue weighted by Gasteiger charge is 2.25. The quantitative estimate of drug-likeness (QED) is 0.914. The fourth-order valence-electron chi connectivity index (χ4n) is 2.74. The molecule has 0 spiro atoms. The Morgan fingerprint density at radius 3 is 2.60 bits per heavy atom. The molecule has 130 valence electrons. The van der Waals surface area contributed by atoms with Crippen LogP contribution in [0, 0.1) is 0 Å². The van der Waals surface area contributed by atoms with Crippen molar-refractivity contribution in [3.8, 4) is 0 Å². The van der Waals surface area contributed by atoms with Gasteiger partial charge < -0.3 is 15.0 Å². The lowest BCUT2D eigenvalue weighted by Crippen LogP contribution is -2.49. The van der Waals surface area contributed by atoms with Gasteiger partial charge in [-0.3, -0.25) is 9.59 Å². The number of hydrogen-bond acceptors (Lipinski definition) is 3. The maximum Gasteiger partial charge on any atom is 0.254 e. The van der Waals surface area contributed by atoms with Crippen LogP contribution in [-0.2, 0) is 4.74 Å². The van der Waals surface area contributed by atoms with Crippen LogP contribution in [0.1, 0.15) is 20.7 Å².